The molecule has 0 bridgehead atoms. The number of nitrogens with zero attached hydrogens (tertiary/aromatic N) is 2. The monoisotopic (exact) mass is 304 g/mol. The molecule has 1 aromatic rings. The van der Waals surface area contributed by atoms with Crippen LogP contribution in [0.4, 0.5) is 13.2 Å². The zero-order valence-electron chi connectivity index (χ0n) is 11.7. The fourth-order valence-electron chi connectivity index (χ4n) is 2.19. The van der Waals surface area contributed by atoms with Crippen molar-refractivity contribution in [2.45, 2.75) is 38.0 Å². The first kappa shape index (κ1) is 15.7. The minimum Gasteiger partial charge on any atom is -0.462 e. The first-order chi connectivity index (χ1) is 9.84. The van der Waals surface area contributed by atoms with E-state index in [1.54, 1.807) is 0 Å². The van der Waals surface area contributed by atoms with E-state index in [1.807, 2.05) is 0 Å². The van der Waals surface area contributed by atoms with Gasteiger partial charge < -0.3 is 9.47 Å². The maximum Gasteiger partial charge on any atom is 0.434 e. The number of ether oxygens (including phenoxy) is 2. The van der Waals surface area contributed by atoms with Crippen LogP contribution in [-0.2, 0) is 21.3 Å². The van der Waals surface area contributed by atoms with Gasteiger partial charge in [0.05, 0.1) is 6.61 Å². The predicted molar refractivity (Wildman–Crippen MR) is 65.5 cm³/mol. The zero-order chi connectivity index (χ0) is 15.7. The van der Waals surface area contributed by atoms with Crippen LogP contribution in [0, 0.1) is 0 Å². The smallest absolute Gasteiger partial charge is 0.434 e. The number of alkyl halides is 3. The van der Waals surface area contributed by atoms with Crippen molar-refractivity contribution in [1.29, 1.82) is 0 Å². The Bertz CT molecular complexity index is 536. The standard InChI is InChI=1S/C13H15F3N2O3/c1-3-21-10(19)8-7-17-11(12(20-2)5-4-6-12)18-9(8)13(14,15)16/h7H,3-6H2,1-2H3. The van der Waals surface area contributed by atoms with Crippen LogP contribution in [0.5, 0.6) is 0 Å². The van der Waals surface area contributed by atoms with Crippen LogP contribution < -0.4 is 0 Å². The molecule has 1 aliphatic rings. The van der Waals surface area contributed by atoms with Crippen LogP contribution in [0.15, 0.2) is 6.20 Å². The normalized spacial score (nSPS) is 17.2. The van der Waals surface area contributed by atoms with E-state index in [-0.39, 0.29) is 12.4 Å². The Hall–Kier alpha value is -1.70. The zero-order valence-corrected chi connectivity index (χ0v) is 11.7. The molecule has 1 saturated carbocycles. The highest BCUT2D eigenvalue weighted by Gasteiger charge is 2.45. The third-order valence-corrected chi connectivity index (χ3v) is 3.51. The van der Waals surface area contributed by atoms with Crippen molar-refractivity contribution < 1.29 is 27.4 Å². The van der Waals surface area contributed by atoms with Crippen molar-refractivity contribution in [3.63, 3.8) is 0 Å². The molecule has 1 fully saturated rings. The van der Waals surface area contributed by atoms with E-state index in [4.69, 9.17) is 4.74 Å². The van der Waals surface area contributed by atoms with Crippen molar-refractivity contribution in [3.05, 3.63) is 23.3 Å². The lowest BCUT2D eigenvalue weighted by Crippen LogP contribution is -2.39. The number of carbonyl (C=O) groups is 1. The van der Waals surface area contributed by atoms with Gasteiger partial charge in [-0.1, -0.05) is 0 Å². The first-order valence-electron chi connectivity index (χ1n) is 6.51. The number of hydrogen-bond donors (Lipinski definition) is 0. The maximum atomic E-state index is 13.1. The summed E-state index contributed by atoms with van der Waals surface area (Å²) < 4.78 is 49.2. The number of halogens is 3. The van der Waals surface area contributed by atoms with Crippen LogP contribution >= 0.6 is 0 Å². The van der Waals surface area contributed by atoms with Crippen molar-refractivity contribution in [3.8, 4) is 0 Å². The predicted octanol–water partition coefficient (Wildman–Crippen LogP) is 2.70. The molecule has 5 nitrogen and oxygen atoms in total. The average molecular weight is 304 g/mol. The molecule has 0 aromatic carbocycles. The molecule has 0 aliphatic heterocycles. The number of hydrogen-bond acceptors (Lipinski definition) is 5. The summed E-state index contributed by atoms with van der Waals surface area (Å²) in [4.78, 5) is 19.0. The van der Waals surface area contributed by atoms with Gasteiger partial charge in [-0.05, 0) is 26.2 Å². The highest BCUT2D eigenvalue weighted by atomic mass is 19.4. The number of esters is 1. The van der Waals surface area contributed by atoms with Gasteiger partial charge in [-0.25, -0.2) is 14.8 Å². The SMILES string of the molecule is CCOC(=O)c1cnc(C2(OC)CCC2)nc1C(F)(F)F. The minimum atomic E-state index is -4.77. The quantitative estimate of drug-likeness (QED) is 0.800. The molecule has 116 valence electrons. The first-order valence-corrected chi connectivity index (χ1v) is 6.51. The number of aromatic nitrogens is 2. The van der Waals surface area contributed by atoms with Gasteiger partial charge in [-0.3, -0.25) is 0 Å². The second kappa shape index (κ2) is 5.59. The van der Waals surface area contributed by atoms with Gasteiger partial charge >= 0.3 is 12.1 Å². The van der Waals surface area contributed by atoms with E-state index in [2.05, 4.69) is 14.7 Å². The Balaban J connectivity index is 2.48. The lowest BCUT2D eigenvalue weighted by atomic mass is 9.79. The largest absolute Gasteiger partial charge is 0.462 e. The molecule has 1 heterocycles. The molecule has 8 heteroatoms. The molecular formula is C13H15F3N2O3. The highest BCUT2D eigenvalue weighted by Crippen LogP contribution is 2.43. The summed E-state index contributed by atoms with van der Waals surface area (Å²) in [7, 11) is 1.41. The third-order valence-electron chi connectivity index (χ3n) is 3.51. The maximum absolute atomic E-state index is 13.1. The Morgan fingerprint density at radius 3 is 2.52 bits per heavy atom. The van der Waals surface area contributed by atoms with E-state index >= 15 is 0 Å². The molecule has 21 heavy (non-hydrogen) atoms. The van der Waals surface area contributed by atoms with E-state index in [9.17, 15) is 18.0 Å². The van der Waals surface area contributed by atoms with Gasteiger partial charge in [0, 0.05) is 13.3 Å². The van der Waals surface area contributed by atoms with E-state index in [0.29, 0.717) is 12.8 Å². The van der Waals surface area contributed by atoms with Crippen molar-refractivity contribution in [1.82, 2.24) is 9.97 Å². The van der Waals surface area contributed by atoms with Crippen LogP contribution in [0.1, 0.15) is 48.1 Å². The molecule has 2 rings (SSSR count). The fraction of sp³-hybridized carbons (Fsp3) is 0.615. The molecule has 1 aliphatic carbocycles. The van der Waals surface area contributed by atoms with E-state index < -0.39 is 29.0 Å². The van der Waals surface area contributed by atoms with Gasteiger partial charge in [0.25, 0.3) is 0 Å². The van der Waals surface area contributed by atoms with Gasteiger partial charge in [-0.2, -0.15) is 13.2 Å². The van der Waals surface area contributed by atoms with Gasteiger partial charge in [0.1, 0.15) is 11.2 Å². The second-order valence-electron chi connectivity index (χ2n) is 4.73. The summed E-state index contributed by atoms with van der Waals surface area (Å²) in [6, 6.07) is 0. The summed E-state index contributed by atoms with van der Waals surface area (Å²) in [5.74, 6) is -1.13. The minimum absolute atomic E-state index is 0.0279. The molecule has 1 aromatic heterocycles. The number of methoxy groups -OCH3 is 1. The lowest BCUT2D eigenvalue weighted by Gasteiger charge is -2.38. The Labute approximate surface area is 119 Å². The molecule has 0 amide bonds. The molecule has 0 unspecified atom stereocenters. The number of carbonyl (C=O) groups excluding carboxylic acids is 1. The lowest BCUT2D eigenvalue weighted by molar-refractivity contribution is -0.143. The van der Waals surface area contributed by atoms with Crippen LogP contribution in [0.2, 0.25) is 0 Å². The average Bonchev–Trinajstić information content (AvgIpc) is 2.37. The number of rotatable bonds is 4. The Morgan fingerprint density at radius 2 is 2.10 bits per heavy atom. The Kier molecular flexibility index (Phi) is 4.18. The second-order valence-corrected chi connectivity index (χ2v) is 4.73. The van der Waals surface area contributed by atoms with Gasteiger partial charge in [0.2, 0.25) is 0 Å². The molecule has 0 saturated heterocycles. The summed E-state index contributed by atoms with van der Waals surface area (Å²) in [6.07, 6.45) is -1.96. The van der Waals surface area contributed by atoms with Gasteiger partial charge in [-0.15, -0.1) is 0 Å². The Morgan fingerprint density at radius 1 is 1.43 bits per heavy atom. The van der Waals surface area contributed by atoms with E-state index in [1.165, 1.54) is 14.0 Å². The molecule has 0 radical (unpaired) electrons. The summed E-state index contributed by atoms with van der Waals surface area (Å²) >= 11 is 0. The van der Waals surface area contributed by atoms with Crippen molar-refractivity contribution >= 4 is 5.97 Å². The van der Waals surface area contributed by atoms with Gasteiger partial charge in [0.15, 0.2) is 11.5 Å². The van der Waals surface area contributed by atoms with Crippen LogP contribution in [0.3, 0.4) is 0 Å². The van der Waals surface area contributed by atoms with E-state index in [0.717, 1.165) is 12.6 Å². The van der Waals surface area contributed by atoms with Crippen molar-refractivity contribution in [2.24, 2.45) is 0 Å². The topological polar surface area (TPSA) is 61.3 Å². The van der Waals surface area contributed by atoms with Crippen LogP contribution in [-0.4, -0.2) is 29.7 Å². The summed E-state index contributed by atoms with van der Waals surface area (Å²) in [5, 5.41) is 0. The van der Waals surface area contributed by atoms with Crippen LogP contribution in [0.25, 0.3) is 0 Å². The molecular weight excluding hydrogens is 289 g/mol. The molecule has 0 spiro atoms. The summed E-state index contributed by atoms with van der Waals surface area (Å²) in [6.45, 7) is 1.48. The third kappa shape index (κ3) is 2.85. The summed E-state index contributed by atoms with van der Waals surface area (Å²) in [5.41, 5.74) is -2.85. The fourth-order valence-corrected chi connectivity index (χ4v) is 2.19. The molecule has 0 atom stereocenters. The molecule has 0 N–H and O–H groups in total. The highest BCUT2D eigenvalue weighted by molar-refractivity contribution is 5.90. The van der Waals surface area contributed by atoms with Crippen molar-refractivity contribution in [2.75, 3.05) is 13.7 Å².